The maximum absolute atomic E-state index is 12.1. The smallest absolute Gasteiger partial charge is 0.339 e. The van der Waals surface area contributed by atoms with E-state index in [1.165, 1.54) is 17.4 Å². The Labute approximate surface area is 136 Å². The van der Waals surface area contributed by atoms with Crippen molar-refractivity contribution in [1.29, 1.82) is 0 Å². The lowest BCUT2D eigenvalue weighted by atomic mass is 10.2. The third-order valence-electron chi connectivity index (χ3n) is 3.58. The highest BCUT2D eigenvalue weighted by Crippen LogP contribution is 2.30. The SMILES string of the molecule is Cc1oc(CNC(=O)c2csc(C3CCCO3)n2)cc1C(=O)O. The summed E-state index contributed by atoms with van der Waals surface area (Å²) in [6.45, 7) is 2.42. The van der Waals surface area contributed by atoms with Crippen molar-refractivity contribution in [3.63, 3.8) is 0 Å². The zero-order chi connectivity index (χ0) is 16.4. The number of carboxylic acids is 1. The average Bonchev–Trinajstić information content (AvgIpc) is 3.24. The predicted molar refractivity (Wildman–Crippen MR) is 81.6 cm³/mol. The minimum absolute atomic E-state index is 0.00704. The van der Waals surface area contributed by atoms with Gasteiger partial charge in [0.1, 0.15) is 33.9 Å². The Bertz CT molecular complexity index is 730. The van der Waals surface area contributed by atoms with Crippen LogP contribution in [0.2, 0.25) is 0 Å². The Balaban J connectivity index is 1.61. The molecule has 7 nitrogen and oxygen atoms in total. The topological polar surface area (TPSA) is 102 Å². The lowest BCUT2D eigenvalue weighted by molar-refractivity contribution is 0.0694. The van der Waals surface area contributed by atoms with Gasteiger partial charge in [-0.1, -0.05) is 0 Å². The summed E-state index contributed by atoms with van der Waals surface area (Å²) in [7, 11) is 0. The third-order valence-corrected chi connectivity index (χ3v) is 4.52. The molecule has 1 amide bonds. The number of carbonyl (C=O) groups excluding carboxylic acids is 1. The molecule has 0 aliphatic carbocycles. The number of aromatic nitrogens is 1. The van der Waals surface area contributed by atoms with Crippen LogP contribution in [-0.4, -0.2) is 28.6 Å². The number of furan rings is 1. The standard InChI is InChI=1S/C15H16N2O5S/c1-8-10(15(19)20)5-9(22-8)6-16-13(18)11-7-23-14(17-11)12-3-2-4-21-12/h5,7,12H,2-4,6H2,1H3,(H,16,18)(H,19,20). The molecule has 23 heavy (non-hydrogen) atoms. The van der Waals surface area contributed by atoms with Crippen LogP contribution in [0, 0.1) is 6.92 Å². The zero-order valence-corrected chi connectivity index (χ0v) is 13.3. The molecule has 1 aliphatic heterocycles. The van der Waals surface area contributed by atoms with Gasteiger partial charge in [-0.25, -0.2) is 9.78 Å². The first-order valence-electron chi connectivity index (χ1n) is 7.22. The average molecular weight is 336 g/mol. The fourth-order valence-electron chi connectivity index (χ4n) is 2.41. The van der Waals surface area contributed by atoms with E-state index >= 15 is 0 Å². The molecular weight excluding hydrogens is 320 g/mol. The monoisotopic (exact) mass is 336 g/mol. The second kappa shape index (κ2) is 6.51. The van der Waals surface area contributed by atoms with E-state index in [1.807, 2.05) is 0 Å². The molecule has 0 aromatic carbocycles. The molecule has 2 aromatic heterocycles. The summed E-state index contributed by atoms with van der Waals surface area (Å²) in [6, 6.07) is 1.41. The van der Waals surface area contributed by atoms with Gasteiger partial charge in [0, 0.05) is 12.0 Å². The molecule has 8 heteroatoms. The first-order valence-corrected chi connectivity index (χ1v) is 8.10. The number of hydrogen-bond acceptors (Lipinski definition) is 6. The molecule has 1 atom stereocenters. The molecule has 1 fully saturated rings. The van der Waals surface area contributed by atoms with Gasteiger partial charge in [-0.3, -0.25) is 4.79 Å². The summed E-state index contributed by atoms with van der Waals surface area (Å²) >= 11 is 1.41. The van der Waals surface area contributed by atoms with E-state index in [0.717, 1.165) is 24.5 Å². The van der Waals surface area contributed by atoms with E-state index in [-0.39, 0.29) is 24.1 Å². The second-order valence-corrected chi connectivity index (χ2v) is 6.13. The van der Waals surface area contributed by atoms with Crippen LogP contribution in [0.15, 0.2) is 15.9 Å². The molecule has 0 spiro atoms. The van der Waals surface area contributed by atoms with Crippen LogP contribution in [0.3, 0.4) is 0 Å². The van der Waals surface area contributed by atoms with Gasteiger partial charge in [-0.05, 0) is 25.8 Å². The van der Waals surface area contributed by atoms with E-state index in [9.17, 15) is 9.59 Å². The fraction of sp³-hybridized carbons (Fsp3) is 0.400. The third kappa shape index (κ3) is 3.43. The largest absolute Gasteiger partial charge is 0.478 e. The van der Waals surface area contributed by atoms with E-state index in [4.69, 9.17) is 14.3 Å². The van der Waals surface area contributed by atoms with Crippen molar-refractivity contribution in [2.45, 2.75) is 32.4 Å². The number of ether oxygens (including phenoxy) is 1. The highest BCUT2D eigenvalue weighted by molar-refractivity contribution is 7.09. The predicted octanol–water partition coefficient (Wildman–Crippen LogP) is 2.52. The molecule has 0 radical (unpaired) electrons. The van der Waals surface area contributed by atoms with Crippen LogP contribution in [-0.2, 0) is 11.3 Å². The van der Waals surface area contributed by atoms with Gasteiger partial charge in [0.05, 0.1) is 6.54 Å². The fourth-order valence-corrected chi connectivity index (χ4v) is 3.29. The van der Waals surface area contributed by atoms with Crippen molar-refractivity contribution in [2.24, 2.45) is 0 Å². The number of nitrogens with one attached hydrogen (secondary N) is 1. The zero-order valence-electron chi connectivity index (χ0n) is 12.5. The lowest BCUT2D eigenvalue weighted by Gasteiger charge is -2.03. The van der Waals surface area contributed by atoms with Crippen LogP contribution >= 0.6 is 11.3 Å². The van der Waals surface area contributed by atoms with Crippen molar-refractivity contribution in [2.75, 3.05) is 6.61 Å². The van der Waals surface area contributed by atoms with E-state index in [1.54, 1.807) is 12.3 Å². The molecule has 0 bridgehead atoms. The molecule has 1 saturated heterocycles. The number of aromatic carboxylic acids is 1. The minimum Gasteiger partial charge on any atom is -0.478 e. The number of hydrogen-bond donors (Lipinski definition) is 2. The minimum atomic E-state index is -1.05. The van der Waals surface area contributed by atoms with E-state index in [0.29, 0.717) is 17.2 Å². The summed E-state index contributed by atoms with van der Waals surface area (Å²) in [6.07, 6.45) is 1.93. The summed E-state index contributed by atoms with van der Waals surface area (Å²) in [5.74, 6) is -0.667. The van der Waals surface area contributed by atoms with Gasteiger partial charge < -0.3 is 19.6 Å². The van der Waals surface area contributed by atoms with Crippen molar-refractivity contribution < 1.29 is 23.8 Å². The number of nitrogens with zero attached hydrogens (tertiary/aromatic N) is 1. The van der Waals surface area contributed by atoms with Gasteiger partial charge in [0.25, 0.3) is 5.91 Å². The molecular formula is C15H16N2O5S. The normalized spacial score (nSPS) is 17.3. The maximum atomic E-state index is 12.1. The molecule has 2 N–H and O–H groups in total. The van der Waals surface area contributed by atoms with E-state index in [2.05, 4.69) is 10.3 Å². The summed E-state index contributed by atoms with van der Waals surface area (Å²) in [4.78, 5) is 27.4. The number of amides is 1. The summed E-state index contributed by atoms with van der Waals surface area (Å²) in [5, 5.41) is 14.2. The lowest BCUT2D eigenvalue weighted by Crippen LogP contribution is -2.23. The van der Waals surface area contributed by atoms with Crippen LogP contribution in [0.5, 0.6) is 0 Å². The van der Waals surface area contributed by atoms with Crippen molar-refractivity contribution in [3.05, 3.63) is 39.2 Å². The Kier molecular flexibility index (Phi) is 4.44. The molecule has 0 saturated carbocycles. The van der Waals surface area contributed by atoms with Gasteiger partial charge >= 0.3 is 5.97 Å². The second-order valence-electron chi connectivity index (χ2n) is 5.24. The highest BCUT2D eigenvalue weighted by atomic mass is 32.1. The number of carboxylic acid groups (broad SMARTS) is 1. The Hall–Kier alpha value is -2.19. The molecule has 122 valence electrons. The van der Waals surface area contributed by atoms with Crippen molar-refractivity contribution in [1.82, 2.24) is 10.3 Å². The maximum Gasteiger partial charge on any atom is 0.339 e. The molecule has 1 aliphatic rings. The highest BCUT2D eigenvalue weighted by Gasteiger charge is 2.22. The molecule has 2 aromatic rings. The first kappa shape index (κ1) is 15.7. The Morgan fingerprint density at radius 1 is 1.52 bits per heavy atom. The van der Waals surface area contributed by atoms with Crippen molar-refractivity contribution >= 4 is 23.2 Å². The van der Waals surface area contributed by atoms with Crippen LogP contribution in [0.1, 0.15) is 56.3 Å². The number of rotatable bonds is 5. The number of thiazole rings is 1. The Morgan fingerprint density at radius 2 is 2.35 bits per heavy atom. The van der Waals surface area contributed by atoms with Crippen LogP contribution < -0.4 is 5.32 Å². The van der Waals surface area contributed by atoms with Gasteiger partial charge in [-0.2, -0.15) is 0 Å². The van der Waals surface area contributed by atoms with Crippen molar-refractivity contribution in [3.8, 4) is 0 Å². The van der Waals surface area contributed by atoms with E-state index < -0.39 is 5.97 Å². The quantitative estimate of drug-likeness (QED) is 0.870. The number of carbonyl (C=O) groups is 2. The Morgan fingerprint density at radius 3 is 3.00 bits per heavy atom. The van der Waals surface area contributed by atoms with Gasteiger partial charge in [0.15, 0.2) is 0 Å². The van der Waals surface area contributed by atoms with Gasteiger partial charge in [-0.15, -0.1) is 11.3 Å². The molecule has 3 heterocycles. The summed E-state index contributed by atoms with van der Waals surface area (Å²) in [5.41, 5.74) is 0.436. The molecule has 1 unspecified atom stereocenters. The van der Waals surface area contributed by atoms with Crippen LogP contribution in [0.4, 0.5) is 0 Å². The first-order chi connectivity index (χ1) is 11.0. The molecule has 3 rings (SSSR count). The van der Waals surface area contributed by atoms with Crippen LogP contribution in [0.25, 0.3) is 0 Å². The summed E-state index contributed by atoms with van der Waals surface area (Å²) < 4.78 is 10.9. The number of aryl methyl sites for hydroxylation is 1. The van der Waals surface area contributed by atoms with Gasteiger partial charge in [0.2, 0.25) is 0 Å².